The number of hydrogen-bond acceptors (Lipinski definition) is 8. The van der Waals surface area contributed by atoms with Crippen LogP contribution in [0.25, 0.3) is 0 Å². The Labute approximate surface area is 112 Å². The minimum atomic E-state index is -1.76. The highest BCUT2D eigenvalue weighted by Gasteiger charge is 2.35. The monoisotopic (exact) mass is 280 g/mol. The smallest absolute Gasteiger partial charge is 0.283 e. The zero-order chi connectivity index (χ0) is 15.2. The largest absolute Gasteiger partial charge is 0.442 e. The zero-order valence-electron chi connectivity index (χ0n) is 10.6. The molecule has 0 spiro atoms. The molecular weight excluding hydrogens is 259 g/mol. The van der Waals surface area contributed by atoms with Gasteiger partial charge in [0.2, 0.25) is 0 Å². The van der Waals surface area contributed by atoms with Gasteiger partial charge < -0.3 is 40.4 Å². The van der Waals surface area contributed by atoms with E-state index in [4.69, 9.17) is 23.4 Å². The first-order chi connectivity index (χ1) is 8.76. The van der Waals surface area contributed by atoms with E-state index in [9.17, 15) is 20.4 Å². The summed E-state index contributed by atoms with van der Waals surface area (Å²) in [7, 11) is 4.91. The molecule has 0 fully saturated rings. The van der Waals surface area contributed by atoms with Gasteiger partial charge in [0.1, 0.15) is 24.4 Å². The molecule has 0 saturated heterocycles. The van der Waals surface area contributed by atoms with E-state index >= 15 is 0 Å². The molecule has 0 aliphatic carbocycles. The van der Waals surface area contributed by atoms with Crippen LogP contribution in [0.5, 0.6) is 0 Å². The highest BCUT2D eigenvalue weighted by Crippen LogP contribution is 2.15. The van der Waals surface area contributed by atoms with Gasteiger partial charge in [-0.3, -0.25) is 0 Å². The molecule has 2 radical (unpaired) electrons. The maximum Gasteiger partial charge on any atom is 0.283 e. The molecule has 9 heteroatoms. The van der Waals surface area contributed by atoms with Crippen LogP contribution in [0, 0.1) is 0 Å². The molecular formula is C10H21BO8. The Morgan fingerprint density at radius 3 is 1.79 bits per heavy atom. The van der Waals surface area contributed by atoms with E-state index in [2.05, 4.69) is 4.65 Å². The lowest BCUT2D eigenvalue weighted by Crippen LogP contribution is -2.50. The molecule has 0 aliphatic rings. The Hall–Kier alpha value is -0.255. The van der Waals surface area contributed by atoms with Gasteiger partial charge in [-0.15, -0.1) is 0 Å². The molecule has 7 N–H and O–H groups in total. The predicted octanol–water partition coefficient (Wildman–Crippen LogP) is -3.98. The SMILES string of the molecule is [B]OC(CC(O)C(O)CO)C(O)C(O)C(O)[C@@H](C)O. The van der Waals surface area contributed by atoms with E-state index in [1.165, 1.54) is 6.92 Å². The first-order valence-corrected chi connectivity index (χ1v) is 5.81. The van der Waals surface area contributed by atoms with Crippen molar-refractivity contribution >= 4 is 8.05 Å². The minimum Gasteiger partial charge on any atom is -0.442 e. The summed E-state index contributed by atoms with van der Waals surface area (Å²) in [6.07, 6.45) is -11.0. The van der Waals surface area contributed by atoms with Gasteiger partial charge in [-0.05, 0) is 6.92 Å². The van der Waals surface area contributed by atoms with Crippen molar-refractivity contribution in [2.45, 2.75) is 56.1 Å². The molecule has 7 atom stereocenters. The zero-order valence-corrected chi connectivity index (χ0v) is 10.6. The maximum absolute atomic E-state index is 9.72. The standard InChI is InChI=1S/C10H21BO8/c1-4(13)8(16)10(18)9(17)7(19-11)2-5(14)6(15)3-12/h4-10,12-18H,2-3H2,1H3/t4-,5?,6?,7?,8?,9?,10?/m1/s1. The third-order valence-electron chi connectivity index (χ3n) is 2.85. The molecule has 0 aromatic heterocycles. The molecule has 6 unspecified atom stereocenters. The third-order valence-corrected chi connectivity index (χ3v) is 2.85. The lowest BCUT2D eigenvalue weighted by atomic mass is 9.95. The highest BCUT2D eigenvalue weighted by molar-refractivity contribution is 5.98. The van der Waals surface area contributed by atoms with Crippen molar-refractivity contribution < 1.29 is 40.4 Å². The van der Waals surface area contributed by atoms with Crippen molar-refractivity contribution in [3.8, 4) is 0 Å². The van der Waals surface area contributed by atoms with Gasteiger partial charge in [0.05, 0.1) is 24.9 Å². The fourth-order valence-electron chi connectivity index (χ4n) is 1.50. The van der Waals surface area contributed by atoms with Gasteiger partial charge in [-0.25, -0.2) is 0 Å². The van der Waals surface area contributed by atoms with E-state index in [0.717, 1.165) is 0 Å². The topological polar surface area (TPSA) is 151 Å². The van der Waals surface area contributed by atoms with Gasteiger partial charge >= 0.3 is 0 Å². The second-order valence-electron chi connectivity index (χ2n) is 4.44. The molecule has 0 rings (SSSR count). The van der Waals surface area contributed by atoms with Crippen LogP contribution in [0.1, 0.15) is 13.3 Å². The summed E-state index contributed by atoms with van der Waals surface area (Å²) in [5.41, 5.74) is 0. The van der Waals surface area contributed by atoms with Crippen molar-refractivity contribution in [2.75, 3.05) is 6.61 Å². The predicted molar refractivity (Wildman–Crippen MR) is 64.0 cm³/mol. The summed E-state index contributed by atoms with van der Waals surface area (Å²) in [5, 5.41) is 65.0. The molecule has 0 aromatic rings. The van der Waals surface area contributed by atoms with Crippen LogP contribution in [0.3, 0.4) is 0 Å². The number of aliphatic hydroxyl groups is 7. The normalized spacial score (nSPS) is 23.2. The number of rotatable bonds is 9. The van der Waals surface area contributed by atoms with E-state index in [1.807, 2.05) is 0 Å². The first kappa shape index (κ1) is 18.7. The fraction of sp³-hybridized carbons (Fsp3) is 1.00. The van der Waals surface area contributed by atoms with Crippen molar-refractivity contribution in [3.63, 3.8) is 0 Å². The van der Waals surface area contributed by atoms with Gasteiger partial charge in [0.25, 0.3) is 8.05 Å². The van der Waals surface area contributed by atoms with Crippen LogP contribution in [0.2, 0.25) is 0 Å². The molecule has 0 saturated carbocycles. The van der Waals surface area contributed by atoms with Crippen LogP contribution in [-0.4, -0.2) is 93.1 Å². The van der Waals surface area contributed by atoms with Crippen LogP contribution in [0.15, 0.2) is 0 Å². The lowest BCUT2D eigenvalue weighted by Gasteiger charge is -2.31. The minimum absolute atomic E-state index is 0.386. The Kier molecular flexibility index (Phi) is 8.71. The molecule has 112 valence electrons. The van der Waals surface area contributed by atoms with Crippen molar-refractivity contribution in [3.05, 3.63) is 0 Å². The Bertz CT molecular complexity index is 242. The average molecular weight is 280 g/mol. The van der Waals surface area contributed by atoms with E-state index in [0.29, 0.717) is 0 Å². The second-order valence-corrected chi connectivity index (χ2v) is 4.44. The van der Waals surface area contributed by atoms with Gasteiger partial charge in [0, 0.05) is 6.42 Å². The molecule has 19 heavy (non-hydrogen) atoms. The Morgan fingerprint density at radius 1 is 0.895 bits per heavy atom. The molecule has 8 nitrogen and oxygen atoms in total. The highest BCUT2D eigenvalue weighted by atomic mass is 16.5. The van der Waals surface area contributed by atoms with Crippen molar-refractivity contribution in [1.82, 2.24) is 0 Å². The molecule has 0 amide bonds. The summed E-state index contributed by atoms with van der Waals surface area (Å²) in [5.74, 6) is 0. The van der Waals surface area contributed by atoms with Gasteiger partial charge in [-0.1, -0.05) is 0 Å². The third kappa shape index (κ3) is 5.71. The van der Waals surface area contributed by atoms with Gasteiger partial charge in [-0.2, -0.15) is 0 Å². The van der Waals surface area contributed by atoms with E-state index < -0.39 is 49.3 Å². The fourth-order valence-corrected chi connectivity index (χ4v) is 1.50. The van der Waals surface area contributed by atoms with E-state index in [1.54, 1.807) is 0 Å². The molecule has 0 bridgehead atoms. The van der Waals surface area contributed by atoms with Crippen molar-refractivity contribution in [2.24, 2.45) is 0 Å². The maximum atomic E-state index is 9.72. The molecule has 0 aliphatic heterocycles. The molecule has 0 aromatic carbocycles. The summed E-state index contributed by atoms with van der Waals surface area (Å²) < 4.78 is 4.37. The number of aliphatic hydroxyl groups excluding tert-OH is 7. The summed E-state index contributed by atoms with van der Waals surface area (Å²) >= 11 is 0. The summed E-state index contributed by atoms with van der Waals surface area (Å²) in [6, 6.07) is 0. The lowest BCUT2D eigenvalue weighted by molar-refractivity contribution is -0.134. The summed E-state index contributed by atoms with van der Waals surface area (Å²) in [4.78, 5) is 0. The Balaban J connectivity index is 4.58. The van der Waals surface area contributed by atoms with Crippen LogP contribution < -0.4 is 0 Å². The average Bonchev–Trinajstić information content (AvgIpc) is 2.40. The Morgan fingerprint density at radius 2 is 1.42 bits per heavy atom. The first-order valence-electron chi connectivity index (χ1n) is 5.81. The second kappa shape index (κ2) is 8.82. The van der Waals surface area contributed by atoms with Gasteiger partial charge in [0.15, 0.2) is 0 Å². The van der Waals surface area contributed by atoms with Crippen LogP contribution in [0.4, 0.5) is 0 Å². The van der Waals surface area contributed by atoms with E-state index in [-0.39, 0.29) is 6.42 Å². The van der Waals surface area contributed by atoms with Crippen molar-refractivity contribution in [1.29, 1.82) is 0 Å². The molecule has 0 heterocycles. The summed E-state index contributed by atoms with van der Waals surface area (Å²) in [6.45, 7) is 0.511. The van der Waals surface area contributed by atoms with Crippen LogP contribution >= 0.6 is 0 Å². The quantitative estimate of drug-likeness (QED) is 0.211. The van der Waals surface area contributed by atoms with Crippen LogP contribution in [-0.2, 0) is 4.65 Å². The number of hydrogen-bond donors (Lipinski definition) is 7.